The van der Waals surface area contributed by atoms with Crippen LogP contribution in [0.2, 0.25) is 0 Å². The fourth-order valence-electron chi connectivity index (χ4n) is 2.01. The van der Waals surface area contributed by atoms with Crippen molar-refractivity contribution in [3.63, 3.8) is 0 Å². The summed E-state index contributed by atoms with van der Waals surface area (Å²) in [7, 11) is 1.59. The van der Waals surface area contributed by atoms with Gasteiger partial charge in [0, 0.05) is 6.07 Å². The van der Waals surface area contributed by atoms with E-state index < -0.39 is 0 Å². The molecular formula is C17H18N4O4. The van der Waals surface area contributed by atoms with E-state index in [9.17, 15) is 0 Å². The number of furan rings is 1. The molecule has 3 aromatic rings. The molecule has 1 aromatic carbocycles. The van der Waals surface area contributed by atoms with Crippen LogP contribution in [-0.2, 0) is 6.54 Å². The number of hydrogen-bond acceptors (Lipinski definition) is 8. The number of benzene rings is 1. The lowest BCUT2D eigenvalue weighted by Gasteiger charge is -2.09. The first-order valence-corrected chi connectivity index (χ1v) is 7.74. The zero-order valence-electron chi connectivity index (χ0n) is 13.9. The number of nitrogens with zero attached hydrogens (tertiary/aromatic N) is 3. The van der Waals surface area contributed by atoms with E-state index in [-0.39, 0.29) is 12.0 Å². The van der Waals surface area contributed by atoms with Crippen LogP contribution in [-0.4, -0.2) is 28.7 Å². The van der Waals surface area contributed by atoms with Crippen molar-refractivity contribution in [2.24, 2.45) is 0 Å². The second-order valence-electron chi connectivity index (χ2n) is 4.87. The number of methoxy groups -OCH3 is 1. The van der Waals surface area contributed by atoms with Gasteiger partial charge in [0.1, 0.15) is 17.3 Å². The van der Waals surface area contributed by atoms with Crippen LogP contribution in [0.3, 0.4) is 0 Å². The lowest BCUT2D eigenvalue weighted by atomic mass is 10.3. The molecule has 3 rings (SSSR count). The van der Waals surface area contributed by atoms with E-state index in [4.69, 9.17) is 18.6 Å². The topological polar surface area (TPSA) is 91.5 Å². The zero-order valence-corrected chi connectivity index (χ0v) is 13.9. The standard InChI is InChI=1S/C17H18N4O4/c1-3-23-16-19-15(18-11-14-8-5-9-24-14)20-17(21-16)25-13-7-4-6-12(10-13)22-2/h4-10H,3,11H2,1-2H3,(H,18,19,20,21). The van der Waals surface area contributed by atoms with Gasteiger partial charge in [-0.15, -0.1) is 4.98 Å². The average Bonchev–Trinajstić information content (AvgIpc) is 3.14. The second kappa shape index (κ2) is 8.00. The number of aromatic nitrogens is 3. The summed E-state index contributed by atoms with van der Waals surface area (Å²) in [6.45, 7) is 2.71. The molecular weight excluding hydrogens is 324 g/mol. The lowest BCUT2D eigenvalue weighted by molar-refractivity contribution is 0.303. The quantitative estimate of drug-likeness (QED) is 0.667. The van der Waals surface area contributed by atoms with Crippen LogP contribution < -0.4 is 19.5 Å². The van der Waals surface area contributed by atoms with Gasteiger partial charge >= 0.3 is 12.0 Å². The van der Waals surface area contributed by atoms with Gasteiger partial charge in [-0.1, -0.05) is 6.07 Å². The van der Waals surface area contributed by atoms with Crippen molar-refractivity contribution in [1.82, 2.24) is 15.0 Å². The third-order valence-corrected chi connectivity index (χ3v) is 3.12. The van der Waals surface area contributed by atoms with Gasteiger partial charge in [-0.3, -0.25) is 0 Å². The van der Waals surface area contributed by atoms with E-state index in [2.05, 4.69) is 20.3 Å². The largest absolute Gasteiger partial charge is 0.497 e. The summed E-state index contributed by atoms with van der Waals surface area (Å²) in [5, 5.41) is 3.05. The minimum Gasteiger partial charge on any atom is -0.497 e. The lowest BCUT2D eigenvalue weighted by Crippen LogP contribution is -2.07. The number of hydrogen-bond donors (Lipinski definition) is 1. The smallest absolute Gasteiger partial charge is 0.330 e. The van der Waals surface area contributed by atoms with E-state index in [0.717, 1.165) is 5.76 Å². The molecule has 0 saturated heterocycles. The summed E-state index contributed by atoms with van der Waals surface area (Å²) in [5.41, 5.74) is 0. The van der Waals surface area contributed by atoms with Crippen LogP contribution in [0.15, 0.2) is 47.1 Å². The Bertz CT molecular complexity index is 808. The molecule has 0 aliphatic carbocycles. The van der Waals surface area contributed by atoms with Crippen LogP contribution in [0.25, 0.3) is 0 Å². The van der Waals surface area contributed by atoms with Crippen LogP contribution in [0, 0.1) is 0 Å². The Morgan fingerprint density at radius 2 is 1.88 bits per heavy atom. The molecule has 0 unspecified atom stereocenters. The number of ether oxygens (including phenoxy) is 3. The molecule has 2 heterocycles. The normalized spacial score (nSPS) is 10.3. The summed E-state index contributed by atoms with van der Waals surface area (Å²) < 4.78 is 21.5. The summed E-state index contributed by atoms with van der Waals surface area (Å²) in [6, 6.07) is 11.1. The van der Waals surface area contributed by atoms with Crippen molar-refractivity contribution in [2.75, 3.05) is 19.0 Å². The summed E-state index contributed by atoms with van der Waals surface area (Å²) in [5.74, 6) is 2.30. The van der Waals surface area contributed by atoms with Crippen molar-refractivity contribution in [1.29, 1.82) is 0 Å². The van der Waals surface area contributed by atoms with Gasteiger partial charge in [0.2, 0.25) is 5.95 Å². The van der Waals surface area contributed by atoms with Crippen molar-refractivity contribution < 1.29 is 18.6 Å². The van der Waals surface area contributed by atoms with E-state index in [0.29, 0.717) is 30.6 Å². The first-order valence-electron chi connectivity index (χ1n) is 7.74. The molecule has 8 nitrogen and oxygen atoms in total. The Morgan fingerprint density at radius 3 is 2.64 bits per heavy atom. The SMILES string of the molecule is CCOc1nc(NCc2ccco2)nc(Oc2cccc(OC)c2)n1. The minimum atomic E-state index is 0.119. The number of rotatable bonds is 8. The zero-order chi connectivity index (χ0) is 17.5. The third kappa shape index (κ3) is 4.60. The van der Waals surface area contributed by atoms with Crippen LogP contribution in [0.4, 0.5) is 5.95 Å². The van der Waals surface area contributed by atoms with Crippen molar-refractivity contribution in [3.8, 4) is 23.5 Å². The molecule has 0 spiro atoms. The van der Waals surface area contributed by atoms with Crippen molar-refractivity contribution in [2.45, 2.75) is 13.5 Å². The summed E-state index contributed by atoms with van der Waals surface area (Å²) in [4.78, 5) is 12.6. The van der Waals surface area contributed by atoms with Crippen molar-refractivity contribution >= 4 is 5.95 Å². The predicted molar refractivity (Wildman–Crippen MR) is 90.1 cm³/mol. The number of nitrogens with one attached hydrogen (secondary N) is 1. The highest BCUT2D eigenvalue weighted by molar-refractivity contribution is 5.35. The molecule has 0 saturated carbocycles. The van der Waals surface area contributed by atoms with E-state index in [1.807, 2.05) is 31.2 Å². The highest BCUT2D eigenvalue weighted by Gasteiger charge is 2.10. The summed E-state index contributed by atoms with van der Waals surface area (Å²) in [6.07, 6.45) is 1.60. The molecule has 0 bridgehead atoms. The summed E-state index contributed by atoms with van der Waals surface area (Å²) >= 11 is 0. The van der Waals surface area contributed by atoms with Gasteiger partial charge in [-0.25, -0.2) is 0 Å². The maximum Gasteiger partial charge on any atom is 0.330 e. The Balaban J connectivity index is 1.79. The maximum atomic E-state index is 5.70. The Morgan fingerprint density at radius 1 is 1.04 bits per heavy atom. The van der Waals surface area contributed by atoms with Crippen LogP contribution >= 0.6 is 0 Å². The van der Waals surface area contributed by atoms with Gasteiger partial charge in [-0.05, 0) is 31.2 Å². The highest BCUT2D eigenvalue weighted by atomic mass is 16.5. The predicted octanol–water partition coefficient (Wildman–Crippen LogP) is 3.28. The van der Waals surface area contributed by atoms with Gasteiger partial charge in [0.25, 0.3) is 0 Å². The van der Waals surface area contributed by atoms with Gasteiger partial charge in [0.15, 0.2) is 0 Å². The molecule has 0 radical (unpaired) electrons. The maximum absolute atomic E-state index is 5.70. The first kappa shape index (κ1) is 16.6. The Labute approximate surface area is 144 Å². The monoisotopic (exact) mass is 342 g/mol. The number of anilines is 1. The fourth-order valence-corrected chi connectivity index (χ4v) is 2.01. The Hall–Kier alpha value is -3.29. The molecule has 0 atom stereocenters. The third-order valence-electron chi connectivity index (χ3n) is 3.12. The molecule has 130 valence electrons. The molecule has 0 fully saturated rings. The van der Waals surface area contributed by atoms with Crippen LogP contribution in [0.1, 0.15) is 12.7 Å². The Kier molecular flexibility index (Phi) is 5.30. The molecule has 8 heteroatoms. The van der Waals surface area contributed by atoms with Gasteiger partial charge in [0.05, 0.1) is 26.5 Å². The second-order valence-corrected chi connectivity index (χ2v) is 4.87. The minimum absolute atomic E-state index is 0.119. The van der Waals surface area contributed by atoms with E-state index in [1.54, 1.807) is 25.5 Å². The molecule has 0 aliphatic rings. The van der Waals surface area contributed by atoms with Crippen LogP contribution in [0.5, 0.6) is 23.5 Å². The van der Waals surface area contributed by atoms with E-state index >= 15 is 0 Å². The molecule has 2 aromatic heterocycles. The molecule has 0 amide bonds. The average molecular weight is 342 g/mol. The van der Waals surface area contributed by atoms with Crippen molar-refractivity contribution in [3.05, 3.63) is 48.4 Å². The van der Waals surface area contributed by atoms with Gasteiger partial charge < -0.3 is 23.9 Å². The highest BCUT2D eigenvalue weighted by Crippen LogP contribution is 2.24. The molecule has 0 aliphatic heterocycles. The van der Waals surface area contributed by atoms with Gasteiger partial charge in [-0.2, -0.15) is 9.97 Å². The molecule has 1 N–H and O–H groups in total. The van der Waals surface area contributed by atoms with E-state index in [1.165, 1.54) is 0 Å². The fraction of sp³-hybridized carbons (Fsp3) is 0.235. The molecule has 25 heavy (non-hydrogen) atoms. The first-order chi connectivity index (χ1) is 12.3.